The summed E-state index contributed by atoms with van der Waals surface area (Å²) in [7, 11) is 0. The van der Waals surface area contributed by atoms with Gasteiger partial charge in [-0.3, -0.25) is 0 Å². The van der Waals surface area contributed by atoms with Gasteiger partial charge in [0.15, 0.2) is 0 Å². The van der Waals surface area contributed by atoms with Crippen molar-refractivity contribution >= 4 is 0 Å². The summed E-state index contributed by atoms with van der Waals surface area (Å²) in [5.41, 5.74) is 0.464. The summed E-state index contributed by atoms with van der Waals surface area (Å²) in [6.45, 7) is 2.57. The van der Waals surface area contributed by atoms with E-state index in [2.05, 4.69) is 5.32 Å². The van der Waals surface area contributed by atoms with Crippen LogP contribution >= 0.6 is 0 Å². The summed E-state index contributed by atoms with van der Waals surface area (Å²) in [6, 6.07) is 0. The van der Waals surface area contributed by atoms with Gasteiger partial charge in [-0.1, -0.05) is 25.7 Å². The lowest BCUT2D eigenvalue weighted by Crippen LogP contribution is -2.31. The van der Waals surface area contributed by atoms with Gasteiger partial charge in [0.1, 0.15) is 0 Å². The van der Waals surface area contributed by atoms with E-state index in [0.29, 0.717) is 17.9 Å². The monoisotopic (exact) mass is 183 g/mol. The number of aliphatic hydroxyl groups is 1. The SMILES string of the molecule is OC[C@@H]1CNCC12CCCCCC2. The summed E-state index contributed by atoms with van der Waals surface area (Å²) in [4.78, 5) is 0. The van der Waals surface area contributed by atoms with Crippen LogP contribution in [0.2, 0.25) is 0 Å². The first-order chi connectivity index (χ1) is 6.37. The fourth-order valence-electron chi connectivity index (χ4n) is 3.13. The van der Waals surface area contributed by atoms with E-state index in [1.54, 1.807) is 0 Å². The lowest BCUT2D eigenvalue weighted by atomic mass is 9.72. The number of hydrogen-bond acceptors (Lipinski definition) is 2. The average Bonchev–Trinajstić information content (AvgIpc) is 2.37. The molecule has 0 aromatic carbocycles. The van der Waals surface area contributed by atoms with Crippen molar-refractivity contribution in [1.29, 1.82) is 0 Å². The summed E-state index contributed by atoms with van der Waals surface area (Å²) in [5, 5.41) is 12.8. The Kier molecular flexibility index (Phi) is 2.89. The third-order valence-corrected chi connectivity index (χ3v) is 4.05. The minimum Gasteiger partial charge on any atom is -0.396 e. The second kappa shape index (κ2) is 3.97. The Morgan fingerprint density at radius 3 is 2.46 bits per heavy atom. The van der Waals surface area contributed by atoms with Crippen molar-refractivity contribution < 1.29 is 5.11 Å². The summed E-state index contributed by atoms with van der Waals surface area (Å²) in [5.74, 6) is 0.533. The Bertz CT molecular complexity index is 161. The molecule has 2 aliphatic rings. The Hall–Kier alpha value is -0.0800. The molecule has 1 saturated carbocycles. The van der Waals surface area contributed by atoms with Crippen LogP contribution in [0.1, 0.15) is 38.5 Å². The maximum Gasteiger partial charge on any atom is 0.0477 e. The van der Waals surface area contributed by atoms with Gasteiger partial charge >= 0.3 is 0 Å². The molecule has 1 heterocycles. The number of nitrogens with one attached hydrogen (secondary N) is 1. The second-order valence-electron chi connectivity index (χ2n) is 4.79. The number of aliphatic hydroxyl groups excluding tert-OH is 1. The fourth-order valence-corrected chi connectivity index (χ4v) is 3.13. The highest BCUT2D eigenvalue weighted by molar-refractivity contribution is 4.95. The first-order valence-corrected chi connectivity index (χ1v) is 5.69. The van der Waals surface area contributed by atoms with Crippen molar-refractivity contribution in [2.75, 3.05) is 19.7 Å². The molecule has 2 nitrogen and oxygen atoms in total. The van der Waals surface area contributed by atoms with E-state index in [4.69, 9.17) is 0 Å². The van der Waals surface area contributed by atoms with Crippen LogP contribution in [0.3, 0.4) is 0 Å². The molecule has 0 amide bonds. The first-order valence-electron chi connectivity index (χ1n) is 5.69. The van der Waals surface area contributed by atoms with Crippen molar-refractivity contribution in [3.63, 3.8) is 0 Å². The Labute approximate surface area is 80.7 Å². The van der Waals surface area contributed by atoms with Gasteiger partial charge in [-0.05, 0) is 18.3 Å². The highest BCUT2D eigenvalue weighted by atomic mass is 16.3. The van der Waals surface area contributed by atoms with E-state index < -0.39 is 0 Å². The molecule has 1 aliphatic heterocycles. The summed E-state index contributed by atoms with van der Waals surface area (Å²) >= 11 is 0. The molecule has 2 heteroatoms. The van der Waals surface area contributed by atoms with Crippen molar-refractivity contribution in [1.82, 2.24) is 5.32 Å². The quantitative estimate of drug-likeness (QED) is 0.646. The smallest absolute Gasteiger partial charge is 0.0477 e. The molecule has 0 unspecified atom stereocenters. The van der Waals surface area contributed by atoms with E-state index >= 15 is 0 Å². The molecule has 2 N–H and O–H groups in total. The van der Waals surface area contributed by atoms with Gasteiger partial charge in [0, 0.05) is 25.6 Å². The first kappa shape index (κ1) is 9.47. The van der Waals surface area contributed by atoms with E-state index in [-0.39, 0.29) is 0 Å². The zero-order chi connectivity index (χ0) is 9.15. The summed E-state index contributed by atoms with van der Waals surface area (Å²) in [6.07, 6.45) is 8.23. The third kappa shape index (κ3) is 1.75. The van der Waals surface area contributed by atoms with Gasteiger partial charge < -0.3 is 10.4 Å². The van der Waals surface area contributed by atoms with Crippen molar-refractivity contribution in [3.05, 3.63) is 0 Å². The molecule has 0 bridgehead atoms. The predicted octanol–water partition coefficient (Wildman–Crippen LogP) is 1.54. The molecule has 1 atom stereocenters. The molecule has 0 aromatic rings. The largest absolute Gasteiger partial charge is 0.396 e. The lowest BCUT2D eigenvalue weighted by molar-refractivity contribution is 0.116. The van der Waals surface area contributed by atoms with E-state index in [1.807, 2.05) is 0 Å². The van der Waals surface area contributed by atoms with E-state index in [9.17, 15) is 5.11 Å². The van der Waals surface area contributed by atoms with Crippen LogP contribution in [0.25, 0.3) is 0 Å². The molecular formula is C11H21NO. The summed E-state index contributed by atoms with van der Waals surface area (Å²) < 4.78 is 0. The zero-order valence-corrected chi connectivity index (χ0v) is 8.39. The zero-order valence-electron chi connectivity index (χ0n) is 8.39. The molecule has 2 fully saturated rings. The number of rotatable bonds is 1. The van der Waals surface area contributed by atoms with Gasteiger partial charge in [-0.25, -0.2) is 0 Å². The number of hydrogen-bond donors (Lipinski definition) is 2. The van der Waals surface area contributed by atoms with Gasteiger partial charge in [0.05, 0.1) is 0 Å². The Morgan fingerprint density at radius 2 is 1.85 bits per heavy atom. The molecule has 2 rings (SSSR count). The van der Waals surface area contributed by atoms with Crippen molar-refractivity contribution in [3.8, 4) is 0 Å². The van der Waals surface area contributed by atoms with Crippen molar-refractivity contribution in [2.45, 2.75) is 38.5 Å². The topological polar surface area (TPSA) is 32.3 Å². The molecule has 1 spiro atoms. The normalized spacial score (nSPS) is 33.5. The molecular weight excluding hydrogens is 162 g/mol. The van der Waals surface area contributed by atoms with E-state index in [1.165, 1.54) is 38.5 Å². The fraction of sp³-hybridized carbons (Fsp3) is 1.00. The molecule has 13 heavy (non-hydrogen) atoms. The average molecular weight is 183 g/mol. The molecule has 0 radical (unpaired) electrons. The maximum atomic E-state index is 9.34. The Balaban J connectivity index is 2.06. The molecule has 1 aliphatic carbocycles. The molecule has 76 valence electrons. The van der Waals surface area contributed by atoms with Gasteiger partial charge in [0.2, 0.25) is 0 Å². The van der Waals surface area contributed by atoms with Crippen LogP contribution in [-0.4, -0.2) is 24.8 Å². The molecule has 0 aromatic heterocycles. The minimum absolute atomic E-state index is 0.382. The highest BCUT2D eigenvalue weighted by Gasteiger charge is 2.41. The standard InChI is InChI=1S/C11H21NO/c13-8-10-7-12-9-11(10)5-3-1-2-4-6-11/h10,12-13H,1-9H2/t10-/m0/s1. The van der Waals surface area contributed by atoms with Crippen LogP contribution in [0.5, 0.6) is 0 Å². The minimum atomic E-state index is 0.382. The van der Waals surface area contributed by atoms with Crippen LogP contribution < -0.4 is 5.32 Å². The Morgan fingerprint density at radius 1 is 1.15 bits per heavy atom. The van der Waals surface area contributed by atoms with Crippen LogP contribution in [0.15, 0.2) is 0 Å². The molecule has 1 saturated heterocycles. The van der Waals surface area contributed by atoms with Crippen LogP contribution in [-0.2, 0) is 0 Å². The maximum absolute atomic E-state index is 9.34. The van der Waals surface area contributed by atoms with Crippen LogP contribution in [0.4, 0.5) is 0 Å². The second-order valence-corrected chi connectivity index (χ2v) is 4.79. The van der Waals surface area contributed by atoms with Crippen molar-refractivity contribution in [2.24, 2.45) is 11.3 Å². The predicted molar refractivity (Wildman–Crippen MR) is 53.6 cm³/mol. The van der Waals surface area contributed by atoms with Gasteiger partial charge in [0.25, 0.3) is 0 Å². The van der Waals surface area contributed by atoms with E-state index in [0.717, 1.165) is 13.1 Å². The van der Waals surface area contributed by atoms with Gasteiger partial charge in [-0.2, -0.15) is 0 Å². The van der Waals surface area contributed by atoms with Gasteiger partial charge in [-0.15, -0.1) is 0 Å². The lowest BCUT2D eigenvalue weighted by Gasteiger charge is -2.32. The highest BCUT2D eigenvalue weighted by Crippen LogP contribution is 2.43. The third-order valence-electron chi connectivity index (χ3n) is 4.05. The van der Waals surface area contributed by atoms with Crippen LogP contribution in [0, 0.1) is 11.3 Å².